The molecule has 0 amide bonds. The molecular weight excluding hydrogens is 279 g/mol. The van der Waals surface area contributed by atoms with Crippen LogP contribution >= 0.6 is 7.26 Å². The summed E-state index contributed by atoms with van der Waals surface area (Å²) in [7, 11) is -1.82. The zero-order valence-corrected chi connectivity index (χ0v) is 14.9. The van der Waals surface area contributed by atoms with Gasteiger partial charge in [0.1, 0.15) is 0 Å². The molecule has 0 unspecified atom stereocenters. The van der Waals surface area contributed by atoms with Gasteiger partial charge in [-0.25, -0.2) is 0 Å². The zero-order valence-electron chi connectivity index (χ0n) is 13.9. The predicted molar refractivity (Wildman–Crippen MR) is 94.9 cm³/mol. The van der Waals surface area contributed by atoms with Gasteiger partial charge in [-0.15, -0.1) is 0 Å². The van der Waals surface area contributed by atoms with Crippen molar-refractivity contribution in [2.75, 3.05) is 18.5 Å². The average Bonchev–Trinajstić information content (AvgIpc) is 2.49. The predicted octanol–water partition coefficient (Wildman–Crippen LogP) is 4.73. The molecule has 0 aliphatic heterocycles. The van der Waals surface area contributed by atoms with Gasteiger partial charge in [0.25, 0.3) is 0 Å². The molecule has 0 aromatic carbocycles. The summed E-state index contributed by atoms with van der Waals surface area (Å²) in [5, 5.41) is 0.922. The summed E-state index contributed by atoms with van der Waals surface area (Å²) >= 11 is 0. The Hall–Kier alpha value is -0.750. The quantitative estimate of drug-likeness (QED) is 0.432. The monoisotopic (exact) mass is 310 g/mol. The molecule has 0 aromatic heterocycles. The third-order valence-corrected chi connectivity index (χ3v) is 10.0. The van der Waals surface area contributed by atoms with Crippen molar-refractivity contribution in [3.05, 3.63) is 23.5 Å². The molecule has 1 aliphatic carbocycles. The van der Waals surface area contributed by atoms with Gasteiger partial charge in [-0.3, -0.25) is 0 Å². The second-order valence-corrected chi connectivity index (χ2v) is 10.8. The minimum absolute atomic E-state index is 0.00553. The maximum absolute atomic E-state index is 12.4. The first-order valence-electron chi connectivity index (χ1n) is 8.58. The summed E-state index contributed by atoms with van der Waals surface area (Å²) in [5.74, 6) is 0.121. The minimum atomic E-state index is -1.82. The van der Waals surface area contributed by atoms with Gasteiger partial charge in [-0.05, 0) is 0 Å². The standard InChI is InChI=1S/C18H31O2P/c1-4-7-12-21(13-8-5-2,14-9-6-3)18-15-16(19)10-11-17(18)20/h10-11,15,21H,4-9,12-14H2,1-3H3. The van der Waals surface area contributed by atoms with Crippen molar-refractivity contribution in [1.82, 2.24) is 0 Å². The Bertz CT molecular complexity index is 399. The molecule has 0 radical (unpaired) electrons. The van der Waals surface area contributed by atoms with Crippen molar-refractivity contribution in [2.45, 2.75) is 59.3 Å². The molecule has 1 aliphatic rings. The molecule has 0 heterocycles. The number of hydrogen-bond donors (Lipinski definition) is 0. The molecule has 0 saturated carbocycles. The van der Waals surface area contributed by atoms with E-state index >= 15 is 0 Å². The van der Waals surface area contributed by atoms with Crippen molar-refractivity contribution >= 4 is 18.8 Å². The third kappa shape index (κ3) is 5.18. The molecule has 0 bridgehead atoms. The Morgan fingerprint density at radius 1 is 0.810 bits per heavy atom. The van der Waals surface area contributed by atoms with Crippen LogP contribution in [0.4, 0.5) is 0 Å². The van der Waals surface area contributed by atoms with E-state index in [4.69, 9.17) is 0 Å². The van der Waals surface area contributed by atoms with Gasteiger partial charge in [0.15, 0.2) is 0 Å². The fourth-order valence-corrected chi connectivity index (χ4v) is 8.95. The summed E-state index contributed by atoms with van der Waals surface area (Å²) in [4.78, 5) is 24.2. The van der Waals surface area contributed by atoms with Crippen LogP contribution in [-0.4, -0.2) is 30.1 Å². The van der Waals surface area contributed by atoms with Crippen molar-refractivity contribution in [3.63, 3.8) is 0 Å². The summed E-state index contributed by atoms with van der Waals surface area (Å²) in [6.45, 7) is 6.63. The van der Waals surface area contributed by atoms with Crippen LogP contribution in [0.15, 0.2) is 23.5 Å². The number of allylic oxidation sites excluding steroid dienone is 4. The molecular formula is C18H31O2P. The molecule has 0 fully saturated rings. The van der Waals surface area contributed by atoms with Gasteiger partial charge >= 0.3 is 130 Å². The molecule has 0 N–H and O–H groups in total. The SMILES string of the molecule is CCCC[PH](CCCC)(CCCC)C1=CC(=O)C=CC1=O. The molecule has 3 heteroatoms. The van der Waals surface area contributed by atoms with Gasteiger partial charge in [0.2, 0.25) is 0 Å². The van der Waals surface area contributed by atoms with Crippen molar-refractivity contribution in [2.24, 2.45) is 0 Å². The Morgan fingerprint density at radius 3 is 1.71 bits per heavy atom. The maximum atomic E-state index is 12.4. The third-order valence-electron chi connectivity index (χ3n) is 4.55. The molecule has 120 valence electrons. The van der Waals surface area contributed by atoms with Crippen LogP contribution in [0.3, 0.4) is 0 Å². The zero-order chi connectivity index (χ0) is 15.7. The molecule has 1 rings (SSSR count). The Kier molecular flexibility index (Phi) is 8.11. The first kappa shape index (κ1) is 18.3. The first-order chi connectivity index (χ1) is 10.1. The fourth-order valence-electron chi connectivity index (χ4n) is 3.25. The molecule has 0 aromatic rings. The molecule has 0 atom stereocenters. The first-order valence-corrected chi connectivity index (χ1v) is 11.2. The van der Waals surface area contributed by atoms with Crippen molar-refractivity contribution in [1.29, 1.82) is 0 Å². The van der Waals surface area contributed by atoms with Crippen LogP contribution in [0.25, 0.3) is 0 Å². The molecule has 0 saturated heterocycles. The Balaban J connectivity index is 3.11. The van der Waals surface area contributed by atoms with Crippen molar-refractivity contribution < 1.29 is 9.59 Å². The van der Waals surface area contributed by atoms with E-state index in [1.165, 1.54) is 49.9 Å². The summed E-state index contributed by atoms with van der Waals surface area (Å²) in [6.07, 6.45) is 15.1. The molecule has 2 nitrogen and oxygen atoms in total. The normalized spacial score (nSPS) is 16.2. The van der Waals surface area contributed by atoms with Gasteiger partial charge in [-0.1, -0.05) is 0 Å². The number of carbonyl (C=O) groups is 2. The van der Waals surface area contributed by atoms with Crippen LogP contribution in [0.1, 0.15) is 59.3 Å². The van der Waals surface area contributed by atoms with Crippen LogP contribution in [-0.2, 0) is 9.59 Å². The molecule has 21 heavy (non-hydrogen) atoms. The number of rotatable bonds is 10. The van der Waals surface area contributed by atoms with E-state index in [0.717, 1.165) is 24.6 Å². The van der Waals surface area contributed by atoms with Gasteiger partial charge in [-0.2, -0.15) is 0 Å². The van der Waals surface area contributed by atoms with E-state index < -0.39 is 7.26 Å². The van der Waals surface area contributed by atoms with Crippen LogP contribution in [0.5, 0.6) is 0 Å². The van der Waals surface area contributed by atoms with E-state index in [9.17, 15) is 9.59 Å². The van der Waals surface area contributed by atoms with E-state index in [1.54, 1.807) is 6.08 Å². The van der Waals surface area contributed by atoms with Gasteiger partial charge < -0.3 is 0 Å². The van der Waals surface area contributed by atoms with Gasteiger partial charge in [0, 0.05) is 0 Å². The van der Waals surface area contributed by atoms with Crippen molar-refractivity contribution in [3.8, 4) is 0 Å². The Labute approximate surface area is 130 Å². The average molecular weight is 310 g/mol. The topological polar surface area (TPSA) is 34.1 Å². The van der Waals surface area contributed by atoms with Crippen LogP contribution in [0.2, 0.25) is 0 Å². The number of ketones is 2. The summed E-state index contributed by atoms with van der Waals surface area (Å²) < 4.78 is 0. The van der Waals surface area contributed by atoms with Crippen LogP contribution in [0, 0.1) is 0 Å². The number of carbonyl (C=O) groups excluding carboxylic acids is 2. The van der Waals surface area contributed by atoms with E-state index in [1.807, 2.05) is 0 Å². The summed E-state index contributed by atoms with van der Waals surface area (Å²) in [5.41, 5.74) is 0. The van der Waals surface area contributed by atoms with E-state index in [-0.39, 0.29) is 11.6 Å². The Morgan fingerprint density at radius 2 is 1.29 bits per heavy atom. The van der Waals surface area contributed by atoms with Gasteiger partial charge in [0.05, 0.1) is 0 Å². The fraction of sp³-hybridized carbons (Fsp3) is 0.667. The van der Waals surface area contributed by atoms with E-state index in [0.29, 0.717) is 0 Å². The molecule has 0 spiro atoms. The van der Waals surface area contributed by atoms with E-state index in [2.05, 4.69) is 20.8 Å². The number of hydrogen-bond acceptors (Lipinski definition) is 2. The second-order valence-electron chi connectivity index (χ2n) is 6.25. The summed E-state index contributed by atoms with van der Waals surface area (Å²) in [6, 6.07) is 0. The van der Waals surface area contributed by atoms with Crippen LogP contribution < -0.4 is 0 Å². The number of unbranched alkanes of at least 4 members (excludes halogenated alkanes) is 3. The second kappa shape index (κ2) is 9.30.